The first-order valence-electron chi connectivity index (χ1n) is 3.78. The van der Waals surface area contributed by atoms with E-state index < -0.39 is 11.8 Å². The van der Waals surface area contributed by atoms with Crippen molar-refractivity contribution >= 4 is 21.9 Å². The number of halogens is 2. The Labute approximate surface area is 88.6 Å². The molecule has 1 aromatic rings. The van der Waals surface area contributed by atoms with Gasteiger partial charge in [-0.15, -0.1) is 0 Å². The van der Waals surface area contributed by atoms with Gasteiger partial charge in [0.1, 0.15) is 11.6 Å². The molecule has 1 N–H and O–H groups in total. The van der Waals surface area contributed by atoms with Crippen LogP contribution >= 0.6 is 15.9 Å². The summed E-state index contributed by atoms with van der Waals surface area (Å²) < 4.78 is 18.7. The van der Waals surface area contributed by atoms with E-state index in [0.717, 1.165) is 0 Å². The summed E-state index contributed by atoms with van der Waals surface area (Å²) >= 11 is 3.09. The largest absolute Gasteiger partial charge is 0.496 e. The van der Waals surface area contributed by atoms with Gasteiger partial charge in [-0.05, 0) is 12.1 Å². The van der Waals surface area contributed by atoms with E-state index in [4.69, 9.17) is 9.84 Å². The molecule has 0 aliphatic carbocycles. The van der Waals surface area contributed by atoms with E-state index in [1.807, 2.05) is 0 Å². The molecular formula is C9H8BrFO3. The summed E-state index contributed by atoms with van der Waals surface area (Å²) in [5.41, 5.74) is 0.0585. The van der Waals surface area contributed by atoms with Crippen LogP contribution in [0, 0.1) is 5.82 Å². The van der Waals surface area contributed by atoms with E-state index in [0.29, 0.717) is 4.47 Å². The van der Waals surface area contributed by atoms with E-state index in [1.54, 1.807) is 0 Å². The Morgan fingerprint density at radius 2 is 2.29 bits per heavy atom. The monoisotopic (exact) mass is 262 g/mol. The lowest BCUT2D eigenvalue weighted by atomic mass is 10.1. The molecule has 0 aromatic heterocycles. The number of methoxy groups -OCH3 is 1. The smallest absolute Gasteiger partial charge is 0.308 e. The highest BCUT2D eigenvalue weighted by molar-refractivity contribution is 9.10. The van der Waals surface area contributed by atoms with Crippen LogP contribution in [0.2, 0.25) is 0 Å². The SMILES string of the molecule is COc1cc(Br)cc(F)c1CC(=O)O. The second-order valence-corrected chi connectivity index (χ2v) is 3.55. The molecule has 0 saturated carbocycles. The van der Waals surface area contributed by atoms with Crippen LogP contribution in [0.15, 0.2) is 16.6 Å². The van der Waals surface area contributed by atoms with Gasteiger partial charge in [-0.3, -0.25) is 4.79 Å². The van der Waals surface area contributed by atoms with Crippen LogP contribution < -0.4 is 4.74 Å². The number of hydrogen-bond acceptors (Lipinski definition) is 2. The Kier molecular flexibility index (Phi) is 3.46. The van der Waals surface area contributed by atoms with E-state index in [-0.39, 0.29) is 17.7 Å². The van der Waals surface area contributed by atoms with E-state index in [2.05, 4.69) is 15.9 Å². The summed E-state index contributed by atoms with van der Waals surface area (Å²) in [6.45, 7) is 0. The molecule has 0 heterocycles. The zero-order chi connectivity index (χ0) is 10.7. The topological polar surface area (TPSA) is 46.5 Å². The molecule has 0 radical (unpaired) electrons. The second kappa shape index (κ2) is 4.41. The minimum atomic E-state index is -1.09. The summed E-state index contributed by atoms with van der Waals surface area (Å²) in [6.07, 6.45) is -0.387. The highest BCUT2D eigenvalue weighted by atomic mass is 79.9. The molecule has 1 aromatic carbocycles. The molecule has 0 bridgehead atoms. The quantitative estimate of drug-likeness (QED) is 0.909. The fourth-order valence-corrected chi connectivity index (χ4v) is 1.49. The van der Waals surface area contributed by atoms with Gasteiger partial charge in [-0.2, -0.15) is 0 Å². The maximum Gasteiger partial charge on any atom is 0.308 e. The van der Waals surface area contributed by atoms with Crippen molar-refractivity contribution in [1.29, 1.82) is 0 Å². The molecule has 0 aliphatic rings. The fourth-order valence-electron chi connectivity index (χ4n) is 1.08. The Morgan fingerprint density at radius 3 is 2.79 bits per heavy atom. The maximum absolute atomic E-state index is 13.3. The maximum atomic E-state index is 13.3. The molecular weight excluding hydrogens is 255 g/mol. The zero-order valence-corrected chi connectivity index (χ0v) is 8.97. The molecule has 0 aliphatic heterocycles. The molecule has 1 rings (SSSR count). The predicted molar refractivity (Wildman–Crippen MR) is 52.0 cm³/mol. The molecule has 5 heteroatoms. The summed E-state index contributed by atoms with van der Waals surface area (Å²) in [7, 11) is 1.37. The number of carboxylic acid groups (broad SMARTS) is 1. The molecule has 76 valence electrons. The Hall–Kier alpha value is -1.10. The zero-order valence-electron chi connectivity index (χ0n) is 7.38. The molecule has 0 unspecified atom stereocenters. The van der Waals surface area contributed by atoms with Gasteiger partial charge in [0.2, 0.25) is 0 Å². The number of hydrogen-bond donors (Lipinski definition) is 1. The number of ether oxygens (including phenoxy) is 1. The number of benzene rings is 1. The molecule has 0 fully saturated rings. The number of rotatable bonds is 3. The van der Waals surface area contributed by atoms with Gasteiger partial charge < -0.3 is 9.84 Å². The standard InChI is InChI=1S/C9H8BrFO3/c1-14-8-3-5(10)2-7(11)6(8)4-9(12)13/h2-3H,4H2,1H3,(H,12,13). The molecule has 14 heavy (non-hydrogen) atoms. The minimum absolute atomic E-state index is 0.0585. The Balaban J connectivity index is 3.18. The fraction of sp³-hybridized carbons (Fsp3) is 0.222. The van der Waals surface area contributed by atoms with Crippen molar-refractivity contribution in [3.05, 3.63) is 28.0 Å². The molecule has 0 atom stereocenters. The van der Waals surface area contributed by atoms with Crippen molar-refractivity contribution < 1.29 is 19.0 Å². The van der Waals surface area contributed by atoms with Gasteiger partial charge in [-0.1, -0.05) is 15.9 Å². The number of carboxylic acids is 1. The molecule has 0 amide bonds. The van der Waals surface area contributed by atoms with Crippen LogP contribution in [-0.4, -0.2) is 18.2 Å². The van der Waals surface area contributed by atoms with E-state index >= 15 is 0 Å². The average Bonchev–Trinajstić information content (AvgIpc) is 2.08. The van der Waals surface area contributed by atoms with Crippen molar-refractivity contribution in [1.82, 2.24) is 0 Å². The summed E-state index contributed by atoms with van der Waals surface area (Å²) in [6, 6.07) is 2.74. The normalized spacial score (nSPS) is 9.93. The first-order chi connectivity index (χ1) is 6.54. The van der Waals surface area contributed by atoms with Crippen molar-refractivity contribution in [3.8, 4) is 5.75 Å². The lowest BCUT2D eigenvalue weighted by Gasteiger charge is -2.08. The summed E-state index contributed by atoms with van der Waals surface area (Å²) in [4.78, 5) is 10.4. The highest BCUT2D eigenvalue weighted by Crippen LogP contribution is 2.26. The van der Waals surface area contributed by atoms with E-state index in [9.17, 15) is 9.18 Å². The highest BCUT2D eigenvalue weighted by Gasteiger charge is 2.13. The van der Waals surface area contributed by atoms with Gasteiger partial charge >= 0.3 is 5.97 Å². The number of carbonyl (C=O) groups is 1. The number of aliphatic carboxylic acids is 1. The van der Waals surface area contributed by atoms with Crippen LogP contribution in [0.1, 0.15) is 5.56 Å². The lowest BCUT2D eigenvalue weighted by molar-refractivity contribution is -0.136. The third-order valence-corrected chi connectivity index (χ3v) is 2.13. The summed E-state index contributed by atoms with van der Waals surface area (Å²) in [5.74, 6) is -1.44. The second-order valence-electron chi connectivity index (χ2n) is 2.64. The summed E-state index contributed by atoms with van der Waals surface area (Å²) in [5, 5.41) is 8.55. The third kappa shape index (κ3) is 2.45. The molecule has 3 nitrogen and oxygen atoms in total. The van der Waals surface area contributed by atoms with Gasteiger partial charge in [0.05, 0.1) is 13.5 Å². The van der Waals surface area contributed by atoms with Gasteiger partial charge in [0, 0.05) is 10.0 Å². The van der Waals surface area contributed by atoms with Gasteiger partial charge in [0.25, 0.3) is 0 Å². The van der Waals surface area contributed by atoms with Crippen LogP contribution in [-0.2, 0) is 11.2 Å². The minimum Gasteiger partial charge on any atom is -0.496 e. The Bertz CT molecular complexity index is 365. The average molecular weight is 263 g/mol. The van der Waals surface area contributed by atoms with Crippen LogP contribution in [0.4, 0.5) is 4.39 Å². The third-order valence-electron chi connectivity index (χ3n) is 1.67. The van der Waals surface area contributed by atoms with E-state index in [1.165, 1.54) is 19.2 Å². The van der Waals surface area contributed by atoms with Crippen molar-refractivity contribution in [2.75, 3.05) is 7.11 Å². The lowest BCUT2D eigenvalue weighted by Crippen LogP contribution is -2.05. The first kappa shape index (κ1) is 11.0. The van der Waals surface area contributed by atoms with Crippen LogP contribution in [0.3, 0.4) is 0 Å². The van der Waals surface area contributed by atoms with Gasteiger partial charge in [0.15, 0.2) is 0 Å². The molecule has 0 spiro atoms. The van der Waals surface area contributed by atoms with Crippen LogP contribution in [0.5, 0.6) is 5.75 Å². The Morgan fingerprint density at radius 1 is 1.64 bits per heavy atom. The van der Waals surface area contributed by atoms with Crippen molar-refractivity contribution in [2.24, 2.45) is 0 Å². The van der Waals surface area contributed by atoms with Crippen molar-refractivity contribution in [2.45, 2.75) is 6.42 Å². The predicted octanol–water partition coefficient (Wildman–Crippen LogP) is 2.22. The van der Waals surface area contributed by atoms with Gasteiger partial charge in [-0.25, -0.2) is 4.39 Å². The van der Waals surface area contributed by atoms with Crippen molar-refractivity contribution in [3.63, 3.8) is 0 Å². The molecule has 0 saturated heterocycles. The van der Waals surface area contributed by atoms with Crippen LogP contribution in [0.25, 0.3) is 0 Å². The first-order valence-corrected chi connectivity index (χ1v) is 4.57.